The van der Waals surface area contributed by atoms with Gasteiger partial charge in [0.2, 0.25) is 0 Å². The lowest BCUT2D eigenvalue weighted by Crippen LogP contribution is -2.39. The highest BCUT2D eigenvalue weighted by Crippen LogP contribution is 2.04. The highest BCUT2D eigenvalue weighted by Gasteiger charge is 2.21. The molecule has 0 spiro atoms. The molecule has 2 unspecified atom stereocenters. The van der Waals surface area contributed by atoms with Gasteiger partial charge in [-0.05, 0) is 13.8 Å². The molecule has 2 atom stereocenters. The van der Waals surface area contributed by atoms with E-state index in [1.807, 2.05) is 5.70 Å². The average molecular weight is 174 g/mol. The second-order valence-electron chi connectivity index (χ2n) is 2.69. The van der Waals surface area contributed by atoms with Crippen LogP contribution in [0.4, 0.5) is 0 Å². The van der Waals surface area contributed by atoms with Crippen molar-refractivity contribution in [1.29, 1.82) is 0 Å². The number of methoxy groups -OCH3 is 2. The highest BCUT2D eigenvalue weighted by molar-refractivity contribution is 6.66. The van der Waals surface area contributed by atoms with Crippen LogP contribution >= 0.6 is 0 Å². The minimum atomic E-state index is -1.08. The minimum absolute atomic E-state index is 0.308. The van der Waals surface area contributed by atoms with E-state index in [1.165, 1.54) is 0 Å². The quantitative estimate of drug-likeness (QED) is 0.581. The van der Waals surface area contributed by atoms with Crippen molar-refractivity contribution in [3.8, 4) is 0 Å². The summed E-state index contributed by atoms with van der Waals surface area (Å²) in [4.78, 5) is 0. The van der Waals surface area contributed by atoms with Crippen molar-refractivity contribution in [1.82, 2.24) is 0 Å². The predicted octanol–water partition coefficient (Wildman–Crippen LogP) is 1.09. The molecule has 0 aliphatic carbocycles. The molecule has 0 radical (unpaired) electrons. The zero-order valence-electron chi connectivity index (χ0n) is 7.83. The summed E-state index contributed by atoms with van der Waals surface area (Å²) in [6.45, 7) is 7.96. The third kappa shape index (κ3) is 3.18. The first-order chi connectivity index (χ1) is 5.17. The lowest BCUT2D eigenvalue weighted by Gasteiger charge is -2.22. The first-order valence-corrected chi connectivity index (χ1v) is 5.85. The third-order valence-corrected chi connectivity index (χ3v) is 5.36. The Morgan fingerprint density at radius 2 is 1.55 bits per heavy atom. The van der Waals surface area contributed by atoms with E-state index < -0.39 is 8.80 Å². The molecule has 0 aliphatic heterocycles. The maximum absolute atomic E-state index is 5.24. The van der Waals surface area contributed by atoms with Crippen LogP contribution in [0.3, 0.4) is 0 Å². The second-order valence-corrected chi connectivity index (χ2v) is 6.20. The summed E-state index contributed by atoms with van der Waals surface area (Å²) in [5.41, 5.74) is 2.63. The van der Waals surface area contributed by atoms with E-state index in [-0.39, 0.29) is 0 Å². The Kier molecular flexibility index (Phi) is 5.46. The van der Waals surface area contributed by atoms with Crippen molar-refractivity contribution in [2.45, 2.75) is 25.3 Å². The van der Waals surface area contributed by atoms with Gasteiger partial charge in [0, 0.05) is 25.7 Å². The number of hydrogen-bond acceptors (Lipinski definition) is 2. The summed E-state index contributed by atoms with van der Waals surface area (Å²) in [6.07, 6.45) is 0. The summed E-state index contributed by atoms with van der Waals surface area (Å²) < 4.78 is 10.5. The van der Waals surface area contributed by atoms with Crippen LogP contribution in [0.5, 0.6) is 0 Å². The standard InChI is InChI=1S/C8H18O2Si/c1-6-11(7(2)9-4)8(3)10-5/h6-8,11H,1H2,2-5H3. The van der Waals surface area contributed by atoms with E-state index in [2.05, 4.69) is 20.4 Å². The van der Waals surface area contributed by atoms with Gasteiger partial charge in [-0.1, -0.05) is 5.70 Å². The zero-order chi connectivity index (χ0) is 8.85. The zero-order valence-corrected chi connectivity index (χ0v) is 8.99. The molecule has 0 heterocycles. The van der Waals surface area contributed by atoms with Crippen LogP contribution in [0.25, 0.3) is 0 Å². The van der Waals surface area contributed by atoms with Crippen molar-refractivity contribution >= 4 is 8.80 Å². The fourth-order valence-electron chi connectivity index (χ4n) is 1.08. The molecule has 0 aliphatic rings. The van der Waals surface area contributed by atoms with E-state index in [9.17, 15) is 0 Å². The first-order valence-electron chi connectivity index (χ1n) is 3.85. The van der Waals surface area contributed by atoms with Crippen molar-refractivity contribution in [2.75, 3.05) is 14.2 Å². The van der Waals surface area contributed by atoms with E-state index in [1.54, 1.807) is 14.2 Å². The van der Waals surface area contributed by atoms with Gasteiger partial charge in [0.25, 0.3) is 0 Å². The molecule has 0 N–H and O–H groups in total. The Morgan fingerprint density at radius 1 is 1.18 bits per heavy atom. The summed E-state index contributed by atoms with van der Waals surface area (Å²) in [5.74, 6) is 0. The SMILES string of the molecule is C=C[SiH](C(C)OC)C(C)OC. The lowest BCUT2D eigenvalue weighted by atomic mass is 10.8. The van der Waals surface area contributed by atoms with Crippen molar-refractivity contribution in [2.24, 2.45) is 0 Å². The van der Waals surface area contributed by atoms with Gasteiger partial charge in [0.1, 0.15) is 8.80 Å². The molecule has 0 aromatic rings. The number of ether oxygens (including phenoxy) is 2. The smallest absolute Gasteiger partial charge is 0.126 e. The average Bonchev–Trinajstić information content (AvgIpc) is 2.05. The first kappa shape index (κ1) is 10.9. The summed E-state index contributed by atoms with van der Waals surface area (Å²) in [5, 5.41) is 0. The molecule has 0 amide bonds. The maximum Gasteiger partial charge on any atom is 0.126 e. The fraction of sp³-hybridized carbons (Fsp3) is 0.750. The molecule has 3 heteroatoms. The van der Waals surface area contributed by atoms with Crippen molar-refractivity contribution in [3.63, 3.8) is 0 Å². The van der Waals surface area contributed by atoms with Gasteiger partial charge in [-0.15, -0.1) is 6.58 Å². The van der Waals surface area contributed by atoms with E-state index in [0.29, 0.717) is 11.5 Å². The third-order valence-electron chi connectivity index (χ3n) is 2.10. The van der Waals surface area contributed by atoms with Crippen LogP contribution in [-0.2, 0) is 9.47 Å². The van der Waals surface area contributed by atoms with Gasteiger partial charge in [-0.2, -0.15) is 0 Å². The minimum Gasteiger partial charge on any atom is -0.385 e. The normalized spacial score (nSPS) is 18.9. The van der Waals surface area contributed by atoms with Crippen molar-refractivity contribution in [3.05, 3.63) is 12.3 Å². The monoisotopic (exact) mass is 174 g/mol. The van der Waals surface area contributed by atoms with E-state index in [0.717, 1.165) is 0 Å². The molecule has 11 heavy (non-hydrogen) atoms. The lowest BCUT2D eigenvalue weighted by molar-refractivity contribution is 0.143. The topological polar surface area (TPSA) is 18.5 Å². The van der Waals surface area contributed by atoms with Crippen LogP contribution in [0.1, 0.15) is 13.8 Å². The molecule has 66 valence electrons. The van der Waals surface area contributed by atoms with Crippen LogP contribution in [0.15, 0.2) is 12.3 Å². The van der Waals surface area contributed by atoms with Crippen LogP contribution in [0.2, 0.25) is 0 Å². The van der Waals surface area contributed by atoms with Crippen molar-refractivity contribution < 1.29 is 9.47 Å². The Balaban J connectivity index is 4.03. The Morgan fingerprint density at radius 3 is 1.73 bits per heavy atom. The Bertz CT molecular complexity index is 107. The van der Waals surface area contributed by atoms with Crippen LogP contribution < -0.4 is 0 Å². The van der Waals surface area contributed by atoms with E-state index >= 15 is 0 Å². The molecule has 0 saturated heterocycles. The molecule has 0 aromatic heterocycles. The second kappa shape index (κ2) is 5.52. The van der Waals surface area contributed by atoms with Gasteiger partial charge >= 0.3 is 0 Å². The van der Waals surface area contributed by atoms with Gasteiger partial charge in [-0.25, -0.2) is 0 Å². The highest BCUT2D eigenvalue weighted by atomic mass is 28.3. The Labute approximate surface area is 70.8 Å². The summed E-state index contributed by atoms with van der Waals surface area (Å²) in [7, 11) is 2.38. The number of rotatable bonds is 5. The summed E-state index contributed by atoms with van der Waals surface area (Å²) >= 11 is 0. The molecule has 0 bridgehead atoms. The molecule has 2 nitrogen and oxygen atoms in total. The molecular weight excluding hydrogens is 156 g/mol. The summed E-state index contributed by atoms with van der Waals surface area (Å²) in [6, 6.07) is 0. The van der Waals surface area contributed by atoms with Gasteiger partial charge in [0.15, 0.2) is 0 Å². The fourth-order valence-corrected chi connectivity index (χ4v) is 3.24. The van der Waals surface area contributed by atoms with Gasteiger partial charge in [0.05, 0.1) is 0 Å². The van der Waals surface area contributed by atoms with E-state index in [4.69, 9.17) is 9.47 Å². The van der Waals surface area contributed by atoms with Crippen LogP contribution in [-0.4, -0.2) is 34.5 Å². The predicted molar refractivity (Wildman–Crippen MR) is 50.3 cm³/mol. The largest absolute Gasteiger partial charge is 0.385 e. The molecule has 0 saturated carbocycles. The molecule has 0 fully saturated rings. The Hall–Kier alpha value is -0.123. The number of hydrogen-bond donors (Lipinski definition) is 0. The van der Waals surface area contributed by atoms with Gasteiger partial charge in [-0.3, -0.25) is 0 Å². The maximum atomic E-state index is 5.24. The molecular formula is C8H18O2Si. The van der Waals surface area contributed by atoms with Crippen LogP contribution in [0, 0.1) is 0 Å². The van der Waals surface area contributed by atoms with Gasteiger partial charge < -0.3 is 9.47 Å². The molecule has 0 aromatic carbocycles. The molecule has 0 rings (SSSR count).